The van der Waals surface area contributed by atoms with Gasteiger partial charge in [0, 0.05) is 16.5 Å². The number of rotatable bonds is 7. The molecule has 0 radical (unpaired) electrons. The van der Waals surface area contributed by atoms with Crippen molar-refractivity contribution in [2.75, 3.05) is 11.9 Å². The number of hydrogen-bond donors (Lipinski definition) is 1. The zero-order valence-electron chi connectivity index (χ0n) is 17.2. The molecule has 4 aromatic rings. The van der Waals surface area contributed by atoms with Gasteiger partial charge in [-0.2, -0.15) is 5.10 Å². The Hall–Kier alpha value is -3.45. The first-order valence-corrected chi connectivity index (χ1v) is 10.3. The van der Waals surface area contributed by atoms with Gasteiger partial charge in [0.25, 0.3) is 5.56 Å². The number of nitrogens with zero attached hydrogens (tertiary/aromatic N) is 4. The van der Waals surface area contributed by atoms with Crippen molar-refractivity contribution < 1.29 is 4.74 Å². The molecular weight excluding hydrogens is 414 g/mol. The second-order valence-electron chi connectivity index (χ2n) is 7.30. The lowest BCUT2D eigenvalue weighted by atomic mass is 10.2. The molecule has 0 amide bonds. The van der Waals surface area contributed by atoms with Gasteiger partial charge < -0.3 is 10.1 Å². The second kappa shape index (κ2) is 9.14. The molecule has 8 heteroatoms. The highest BCUT2D eigenvalue weighted by Crippen LogP contribution is 2.16. The fourth-order valence-corrected chi connectivity index (χ4v) is 3.35. The maximum atomic E-state index is 12.7. The highest BCUT2D eigenvalue weighted by Gasteiger charge is 2.10. The van der Waals surface area contributed by atoms with Crippen LogP contribution in [0, 0.1) is 6.92 Å². The summed E-state index contributed by atoms with van der Waals surface area (Å²) in [6, 6.07) is 16.5. The van der Waals surface area contributed by atoms with Crippen molar-refractivity contribution in [3.8, 4) is 5.75 Å². The molecule has 2 aromatic carbocycles. The van der Waals surface area contributed by atoms with Gasteiger partial charge in [-0.3, -0.25) is 4.79 Å². The Bertz CT molecular complexity index is 1260. The van der Waals surface area contributed by atoms with Gasteiger partial charge in [0.1, 0.15) is 24.0 Å². The van der Waals surface area contributed by atoms with E-state index >= 15 is 0 Å². The van der Waals surface area contributed by atoms with E-state index in [2.05, 4.69) is 20.4 Å². The van der Waals surface area contributed by atoms with Crippen molar-refractivity contribution in [1.29, 1.82) is 0 Å². The molecule has 158 valence electrons. The number of anilines is 1. The van der Waals surface area contributed by atoms with Crippen molar-refractivity contribution in [1.82, 2.24) is 19.7 Å². The Morgan fingerprint density at radius 3 is 2.71 bits per heavy atom. The minimum atomic E-state index is -0.145. The minimum Gasteiger partial charge on any atom is -0.491 e. The summed E-state index contributed by atoms with van der Waals surface area (Å²) in [7, 11) is 0. The number of hydrogen-bond acceptors (Lipinski definition) is 6. The third-order valence-electron chi connectivity index (χ3n) is 4.67. The van der Waals surface area contributed by atoms with Gasteiger partial charge in [0.15, 0.2) is 0 Å². The van der Waals surface area contributed by atoms with E-state index in [1.54, 1.807) is 24.4 Å². The molecule has 2 aromatic heterocycles. The zero-order chi connectivity index (χ0) is 21.8. The Morgan fingerprint density at radius 1 is 1.13 bits per heavy atom. The van der Waals surface area contributed by atoms with E-state index in [1.807, 2.05) is 50.2 Å². The van der Waals surface area contributed by atoms with Crippen molar-refractivity contribution >= 4 is 28.2 Å². The van der Waals surface area contributed by atoms with Crippen molar-refractivity contribution in [3.05, 3.63) is 87.7 Å². The SMILES string of the molecule is Cc1nc(Cn2ncc3ccccc3c2=O)cc(N[C@H](C)COc2ccc(Cl)cc2)n1. The van der Waals surface area contributed by atoms with Gasteiger partial charge in [-0.1, -0.05) is 29.8 Å². The summed E-state index contributed by atoms with van der Waals surface area (Å²) < 4.78 is 7.21. The number of nitrogens with one attached hydrogen (secondary N) is 1. The summed E-state index contributed by atoms with van der Waals surface area (Å²) in [6.07, 6.45) is 1.69. The quantitative estimate of drug-likeness (QED) is 0.471. The average Bonchev–Trinajstić information content (AvgIpc) is 2.75. The zero-order valence-corrected chi connectivity index (χ0v) is 18.0. The molecule has 2 heterocycles. The van der Waals surface area contributed by atoms with Crippen LogP contribution in [-0.4, -0.2) is 32.4 Å². The summed E-state index contributed by atoms with van der Waals surface area (Å²) in [6.45, 7) is 4.53. The van der Waals surface area contributed by atoms with Gasteiger partial charge in [0.05, 0.1) is 29.9 Å². The van der Waals surface area contributed by atoms with Gasteiger partial charge in [0.2, 0.25) is 0 Å². The number of ether oxygens (including phenoxy) is 1. The number of benzene rings is 2. The molecule has 0 saturated heterocycles. The maximum absolute atomic E-state index is 12.7. The molecule has 1 atom stereocenters. The standard InChI is InChI=1S/C23H22ClN5O2/c1-15(14-31-20-9-7-18(24)8-10-20)26-22-11-19(27-16(2)28-22)13-29-23(30)21-6-4-3-5-17(21)12-25-29/h3-12,15H,13-14H2,1-2H3,(H,26,27,28)/t15-/m1/s1. The van der Waals surface area contributed by atoms with Crippen LogP contribution in [0.5, 0.6) is 5.75 Å². The summed E-state index contributed by atoms with van der Waals surface area (Å²) >= 11 is 5.90. The fraction of sp³-hybridized carbons (Fsp3) is 0.217. The van der Waals surface area contributed by atoms with Crippen LogP contribution in [0.15, 0.2) is 65.6 Å². The van der Waals surface area contributed by atoms with Crippen LogP contribution in [0.25, 0.3) is 10.8 Å². The minimum absolute atomic E-state index is 0.000607. The van der Waals surface area contributed by atoms with E-state index in [4.69, 9.17) is 16.3 Å². The molecule has 0 bridgehead atoms. The van der Waals surface area contributed by atoms with E-state index < -0.39 is 0 Å². The molecule has 1 N–H and O–H groups in total. The van der Waals surface area contributed by atoms with E-state index in [0.29, 0.717) is 34.4 Å². The largest absolute Gasteiger partial charge is 0.491 e. The van der Waals surface area contributed by atoms with Crippen LogP contribution in [0.3, 0.4) is 0 Å². The molecular formula is C23H22ClN5O2. The lowest BCUT2D eigenvalue weighted by Gasteiger charge is -2.16. The number of aryl methyl sites for hydroxylation is 1. The first-order chi connectivity index (χ1) is 15.0. The van der Waals surface area contributed by atoms with Gasteiger partial charge >= 0.3 is 0 Å². The van der Waals surface area contributed by atoms with Crippen LogP contribution >= 0.6 is 11.6 Å². The van der Waals surface area contributed by atoms with Crippen molar-refractivity contribution in [2.45, 2.75) is 26.4 Å². The van der Waals surface area contributed by atoms with Crippen LogP contribution < -0.4 is 15.6 Å². The summed E-state index contributed by atoms with van der Waals surface area (Å²) in [5.41, 5.74) is 0.555. The van der Waals surface area contributed by atoms with Crippen LogP contribution in [-0.2, 0) is 6.54 Å². The third-order valence-corrected chi connectivity index (χ3v) is 4.92. The highest BCUT2D eigenvalue weighted by atomic mass is 35.5. The average molecular weight is 436 g/mol. The van der Waals surface area contributed by atoms with E-state index in [-0.39, 0.29) is 18.1 Å². The van der Waals surface area contributed by atoms with Crippen LogP contribution in [0.4, 0.5) is 5.82 Å². The predicted molar refractivity (Wildman–Crippen MR) is 122 cm³/mol. The lowest BCUT2D eigenvalue weighted by molar-refractivity contribution is 0.303. The molecule has 0 spiro atoms. The molecule has 0 fully saturated rings. The van der Waals surface area contributed by atoms with E-state index in [1.165, 1.54) is 4.68 Å². The summed E-state index contributed by atoms with van der Waals surface area (Å²) in [5.74, 6) is 2.03. The molecule has 0 aliphatic rings. The molecule has 0 aliphatic heterocycles. The number of fused-ring (bicyclic) bond motifs is 1. The Balaban J connectivity index is 1.46. The number of aromatic nitrogens is 4. The highest BCUT2D eigenvalue weighted by molar-refractivity contribution is 6.30. The first kappa shape index (κ1) is 20.8. The van der Waals surface area contributed by atoms with Crippen molar-refractivity contribution in [3.63, 3.8) is 0 Å². The van der Waals surface area contributed by atoms with Crippen LogP contribution in [0.2, 0.25) is 5.02 Å². The molecule has 7 nitrogen and oxygen atoms in total. The Morgan fingerprint density at radius 2 is 1.90 bits per heavy atom. The summed E-state index contributed by atoms with van der Waals surface area (Å²) in [5, 5.41) is 9.73. The summed E-state index contributed by atoms with van der Waals surface area (Å²) in [4.78, 5) is 21.7. The lowest BCUT2D eigenvalue weighted by Crippen LogP contribution is -2.25. The Kier molecular flexibility index (Phi) is 6.13. The first-order valence-electron chi connectivity index (χ1n) is 9.92. The molecule has 0 saturated carbocycles. The Labute approximate surface area is 184 Å². The van der Waals surface area contributed by atoms with Gasteiger partial charge in [-0.05, 0) is 44.2 Å². The predicted octanol–water partition coefficient (Wildman–Crippen LogP) is 4.08. The van der Waals surface area contributed by atoms with Crippen molar-refractivity contribution in [2.24, 2.45) is 0 Å². The van der Waals surface area contributed by atoms with Gasteiger partial charge in [-0.25, -0.2) is 14.6 Å². The van der Waals surface area contributed by atoms with Crippen LogP contribution in [0.1, 0.15) is 18.4 Å². The molecule has 0 unspecified atom stereocenters. The molecule has 0 aliphatic carbocycles. The maximum Gasteiger partial charge on any atom is 0.274 e. The molecule has 31 heavy (non-hydrogen) atoms. The monoisotopic (exact) mass is 435 g/mol. The van der Waals surface area contributed by atoms with Gasteiger partial charge in [-0.15, -0.1) is 0 Å². The number of halogens is 1. The molecule has 4 rings (SSSR count). The van der Waals surface area contributed by atoms with E-state index in [9.17, 15) is 4.79 Å². The normalized spacial score (nSPS) is 12.0. The fourth-order valence-electron chi connectivity index (χ4n) is 3.22. The second-order valence-corrected chi connectivity index (χ2v) is 7.73. The topological polar surface area (TPSA) is 81.9 Å². The third kappa shape index (κ3) is 5.19. The smallest absolute Gasteiger partial charge is 0.274 e. The van der Waals surface area contributed by atoms with E-state index in [0.717, 1.165) is 11.1 Å².